The van der Waals surface area contributed by atoms with Gasteiger partial charge < -0.3 is 0 Å². The third-order valence-electron chi connectivity index (χ3n) is 0.715. The van der Waals surface area contributed by atoms with E-state index in [2.05, 4.69) is 9.98 Å². The Morgan fingerprint density at radius 2 is 1.50 bits per heavy atom. The minimum absolute atomic E-state index is 0.294. The van der Waals surface area contributed by atoms with Crippen molar-refractivity contribution in [2.75, 3.05) is 0 Å². The summed E-state index contributed by atoms with van der Waals surface area (Å²) < 4.78 is 0. The summed E-state index contributed by atoms with van der Waals surface area (Å²) in [6, 6.07) is 0. The highest BCUT2D eigenvalue weighted by molar-refractivity contribution is 6.00. The Hall–Kier alpha value is -0.990. The monoisotopic (exact) mass is 139 g/mol. The SMILES string of the molecule is CC(=N)N=C(C)N=C(C)C. The lowest BCUT2D eigenvalue weighted by Crippen LogP contribution is -1.94. The Balaban J connectivity index is 4.22. The van der Waals surface area contributed by atoms with Crippen LogP contribution in [-0.4, -0.2) is 17.4 Å². The molecule has 1 N–H and O–H groups in total. The quantitative estimate of drug-likeness (QED) is 0.393. The average molecular weight is 139 g/mol. The number of nitrogens with zero attached hydrogens (tertiary/aromatic N) is 2. The topological polar surface area (TPSA) is 48.6 Å². The van der Waals surface area contributed by atoms with Gasteiger partial charge in [-0.3, -0.25) is 5.41 Å². The zero-order valence-corrected chi connectivity index (χ0v) is 6.89. The smallest absolute Gasteiger partial charge is 0.127 e. The van der Waals surface area contributed by atoms with E-state index in [1.165, 1.54) is 0 Å². The van der Waals surface area contributed by atoms with Crippen LogP contribution in [0.5, 0.6) is 0 Å². The van der Waals surface area contributed by atoms with Crippen molar-refractivity contribution in [1.29, 1.82) is 5.41 Å². The highest BCUT2D eigenvalue weighted by Gasteiger charge is 1.85. The summed E-state index contributed by atoms with van der Waals surface area (Å²) >= 11 is 0. The van der Waals surface area contributed by atoms with Gasteiger partial charge >= 0.3 is 0 Å². The minimum Gasteiger partial charge on any atom is -0.287 e. The summed E-state index contributed by atoms with van der Waals surface area (Å²) in [5.74, 6) is 0.940. The van der Waals surface area contributed by atoms with Crippen molar-refractivity contribution >= 4 is 17.4 Å². The maximum absolute atomic E-state index is 7.01. The molecule has 3 heteroatoms. The number of hydrogen-bond acceptors (Lipinski definition) is 1. The summed E-state index contributed by atoms with van der Waals surface area (Å²) in [4.78, 5) is 7.87. The fraction of sp³-hybridized carbons (Fsp3) is 0.571. The molecule has 0 heterocycles. The summed E-state index contributed by atoms with van der Waals surface area (Å²) in [5.41, 5.74) is 0.961. The Labute approximate surface area is 61.4 Å². The summed E-state index contributed by atoms with van der Waals surface area (Å²) in [5, 5.41) is 7.01. The van der Waals surface area contributed by atoms with Crippen LogP contribution in [0.15, 0.2) is 9.98 Å². The molecule has 0 aromatic rings. The molecule has 0 bridgehead atoms. The van der Waals surface area contributed by atoms with E-state index in [4.69, 9.17) is 5.41 Å². The molecule has 0 radical (unpaired) electrons. The van der Waals surface area contributed by atoms with Gasteiger partial charge in [0.1, 0.15) is 11.7 Å². The highest BCUT2D eigenvalue weighted by atomic mass is 14.9. The van der Waals surface area contributed by atoms with E-state index in [1.807, 2.05) is 13.8 Å². The predicted octanol–water partition coefficient (Wildman–Crippen LogP) is 1.88. The molecular weight excluding hydrogens is 126 g/mol. The van der Waals surface area contributed by atoms with Crippen LogP contribution in [-0.2, 0) is 0 Å². The van der Waals surface area contributed by atoms with Crippen molar-refractivity contribution in [1.82, 2.24) is 0 Å². The molecular formula is C7H13N3. The van der Waals surface area contributed by atoms with E-state index in [9.17, 15) is 0 Å². The molecule has 0 aromatic heterocycles. The number of aliphatic imine (C=N–C) groups is 2. The lowest BCUT2D eigenvalue weighted by molar-refractivity contribution is 1.38. The van der Waals surface area contributed by atoms with Crippen LogP contribution in [0.3, 0.4) is 0 Å². The molecule has 0 fully saturated rings. The van der Waals surface area contributed by atoms with Gasteiger partial charge in [-0.1, -0.05) is 0 Å². The lowest BCUT2D eigenvalue weighted by atomic mass is 10.5. The van der Waals surface area contributed by atoms with Crippen molar-refractivity contribution in [3.8, 4) is 0 Å². The zero-order valence-electron chi connectivity index (χ0n) is 6.89. The molecule has 0 aliphatic carbocycles. The Morgan fingerprint density at radius 3 is 1.80 bits per heavy atom. The molecule has 0 unspecified atom stereocenters. The van der Waals surface area contributed by atoms with Gasteiger partial charge in [0.2, 0.25) is 0 Å². The number of amidine groups is 2. The van der Waals surface area contributed by atoms with E-state index in [0.717, 1.165) is 5.71 Å². The fourth-order valence-electron chi connectivity index (χ4n) is 0.591. The Bertz CT molecular complexity index is 185. The molecule has 0 saturated heterocycles. The van der Waals surface area contributed by atoms with Crippen LogP contribution in [0.1, 0.15) is 27.7 Å². The molecule has 0 aromatic carbocycles. The van der Waals surface area contributed by atoms with Crippen molar-refractivity contribution in [3.63, 3.8) is 0 Å². The van der Waals surface area contributed by atoms with E-state index >= 15 is 0 Å². The van der Waals surface area contributed by atoms with Gasteiger partial charge in [0.25, 0.3) is 0 Å². The van der Waals surface area contributed by atoms with E-state index < -0.39 is 0 Å². The van der Waals surface area contributed by atoms with Gasteiger partial charge in [0.15, 0.2) is 0 Å². The third kappa shape index (κ3) is 5.15. The average Bonchev–Trinajstić information content (AvgIpc) is 1.58. The van der Waals surface area contributed by atoms with Crippen molar-refractivity contribution in [2.45, 2.75) is 27.7 Å². The van der Waals surface area contributed by atoms with Crippen LogP contribution in [0, 0.1) is 5.41 Å². The first-order chi connectivity index (χ1) is 4.52. The van der Waals surface area contributed by atoms with Crippen LogP contribution in [0.4, 0.5) is 0 Å². The van der Waals surface area contributed by atoms with Gasteiger partial charge in [0, 0.05) is 5.71 Å². The predicted molar refractivity (Wildman–Crippen MR) is 45.3 cm³/mol. The molecule has 3 nitrogen and oxygen atoms in total. The van der Waals surface area contributed by atoms with Crippen LogP contribution >= 0.6 is 0 Å². The van der Waals surface area contributed by atoms with Gasteiger partial charge in [0.05, 0.1) is 0 Å². The second-order valence-electron chi connectivity index (χ2n) is 2.30. The molecule has 0 aliphatic heterocycles. The van der Waals surface area contributed by atoms with Crippen LogP contribution in [0.2, 0.25) is 0 Å². The van der Waals surface area contributed by atoms with Gasteiger partial charge in [-0.2, -0.15) is 0 Å². The molecule has 56 valence electrons. The Kier molecular flexibility index (Phi) is 3.54. The fourth-order valence-corrected chi connectivity index (χ4v) is 0.591. The van der Waals surface area contributed by atoms with E-state index in [-0.39, 0.29) is 0 Å². The minimum atomic E-state index is 0.294. The molecule has 0 aliphatic rings. The molecule has 0 atom stereocenters. The first kappa shape index (κ1) is 9.01. The number of nitrogens with one attached hydrogen (secondary N) is 1. The van der Waals surface area contributed by atoms with Crippen molar-refractivity contribution in [2.24, 2.45) is 9.98 Å². The molecule has 0 saturated carbocycles. The first-order valence-corrected chi connectivity index (χ1v) is 3.14. The van der Waals surface area contributed by atoms with Crippen molar-refractivity contribution < 1.29 is 0 Å². The maximum atomic E-state index is 7.01. The zero-order chi connectivity index (χ0) is 8.15. The second-order valence-corrected chi connectivity index (χ2v) is 2.30. The molecule has 10 heavy (non-hydrogen) atoms. The molecule has 0 amide bonds. The third-order valence-corrected chi connectivity index (χ3v) is 0.715. The van der Waals surface area contributed by atoms with Crippen LogP contribution < -0.4 is 0 Å². The van der Waals surface area contributed by atoms with Gasteiger partial charge in [-0.15, -0.1) is 0 Å². The van der Waals surface area contributed by atoms with E-state index in [1.54, 1.807) is 13.8 Å². The van der Waals surface area contributed by atoms with Gasteiger partial charge in [-0.25, -0.2) is 9.98 Å². The van der Waals surface area contributed by atoms with Crippen molar-refractivity contribution in [3.05, 3.63) is 0 Å². The summed E-state index contributed by atoms with van der Waals surface area (Å²) in [6.07, 6.45) is 0. The summed E-state index contributed by atoms with van der Waals surface area (Å²) in [6.45, 7) is 7.21. The van der Waals surface area contributed by atoms with Crippen LogP contribution in [0.25, 0.3) is 0 Å². The van der Waals surface area contributed by atoms with Gasteiger partial charge in [-0.05, 0) is 27.7 Å². The largest absolute Gasteiger partial charge is 0.287 e. The summed E-state index contributed by atoms with van der Waals surface area (Å²) in [7, 11) is 0. The second kappa shape index (κ2) is 3.93. The molecule has 0 spiro atoms. The lowest BCUT2D eigenvalue weighted by Gasteiger charge is -1.91. The standard InChI is InChI=1S/C7H13N3/c1-5(2)9-7(4)10-6(3)8/h8H,1-4H3. The number of rotatable bonds is 0. The maximum Gasteiger partial charge on any atom is 0.127 e. The highest BCUT2D eigenvalue weighted by Crippen LogP contribution is 1.83. The molecule has 0 rings (SSSR count). The number of hydrogen-bond donors (Lipinski definition) is 1. The first-order valence-electron chi connectivity index (χ1n) is 3.14. The van der Waals surface area contributed by atoms with E-state index in [0.29, 0.717) is 11.7 Å². The normalized spacial score (nSPS) is 11.0. The Morgan fingerprint density at radius 1 is 1.00 bits per heavy atom.